The summed E-state index contributed by atoms with van der Waals surface area (Å²) < 4.78 is 53.8. The van der Waals surface area contributed by atoms with E-state index in [1.165, 1.54) is 19.9 Å². The predicted molar refractivity (Wildman–Crippen MR) is 79.7 cm³/mol. The molecule has 122 valence electrons. The molecule has 2 rings (SSSR count). The number of sulfonamides is 1. The van der Waals surface area contributed by atoms with Gasteiger partial charge in [-0.15, -0.1) is 0 Å². The van der Waals surface area contributed by atoms with Gasteiger partial charge in [0, 0.05) is 11.6 Å². The molecule has 0 aliphatic carbocycles. The second-order valence-electron chi connectivity index (χ2n) is 4.89. The molecule has 0 saturated carbocycles. The first kappa shape index (κ1) is 16.8. The van der Waals surface area contributed by atoms with Gasteiger partial charge in [-0.1, -0.05) is 6.07 Å². The van der Waals surface area contributed by atoms with Crippen molar-refractivity contribution in [2.75, 3.05) is 4.72 Å². The van der Waals surface area contributed by atoms with E-state index in [1.807, 2.05) is 4.72 Å². The van der Waals surface area contributed by atoms with Crippen molar-refractivity contribution in [2.45, 2.75) is 18.7 Å². The zero-order valence-electron chi connectivity index (χ0n) is 12.1. The van der Waals surface area contributed by atoms with E-state index in [4.69, 9.17) is 0 Å². The van der Waals surface area contributed by atoms with Gasteiger partial charge in [-0.3, -0.25) is 14.8 Å². The number of nitrogens with one attached hydrogen (secondary N) is 1. The van der Waals surface area contributed by atoms with Crippen LogP contribution in [0.1, 0.15) is 11.1 Å². The van der Waals surface area contributed by atoms with Crippen LogP contribution in [-0.4, -0.2) is 13.3 Å². The number of hydrogen-bond donors (Lipinski definition) is 1. The van der Waals surface area contributed by atoms with Crippen LogP contribution in [0.25, 0.3) is 0 Å². The topological polar surface area (TPSA) is 89.3 Å². The first-order valence-electron chi connectivity index (χ1n) is 6.35. The molecule has 0 unspecified atom stereocenters. The van der Waals surface area contributed by atoms with E-state index < -0.39 is 37.2 Å². The fraction of sp³-hybridized carbons (Fsp3) is 0.143. The summed E-state index contributed by atoms with van der Waals surface area (Å²) >= 11 is 0. The molecule has 1 N–H and O–H groups in total. The van der Waals surface area contributed by atoms with Gasteiger partial charge in [-0.05, 0) is 37.6 Å². The van der Waals surface area contributed by atoms with Crippen molar-refractivity contribution in [2.24, 2.45) is 0 Å². The fourth-order valence-electron chi connectivity index (χ4n) is 1.95. The summed E-state index contributed by atoms with van der Waals surface area (Å²) in [5, 5.41) is 10.9. The SMILES string of the molecule is Cc1ccc(F)cc1NS(=O)(=O)c1cc([N+](=O)[O-])c(C)cc1F. The standard InChI is InChI=1S/C14H12F2N2O4S/c1-8-3-4-10(15)6-12(8)17-23(21,22)14-7-13(18(19)20)9(2)5-11(14)16/h3-7,17H,1-2H3. The summed E-state index contributed by atoms with van der Waals surface area (Å²) in [7, 11) is -4.45. The zero-order valence-corrected chi connectivity index (χ0v) is 12.9. The highest BCUT2D eigenvalue weighted by Crippen LogP contribution is 2.27. The van der Waals surface area contributed by atoms with Crippen LogP contribution < -0.4 is 4.72 Å². The second kappa shape index (κ2) is 5.92. The summed E-state index contributed by atoms with van der Waals surface area (Å²) in [6.45, 7) is 2.83. The molecule has 0 fully saturated rings. The maximum absolute atomic E-state index is 14.0. The van der Waals surface area contributed by atoms with Gasteiger partial charge < -0.3 is 0 Å². The lowest BCUT2D eigenvalue weighted by Crippen LogP contribution is -2.16. The highest BCUT2D eigenvalue weighted by atomic mass is 32.2. The molecule has 0 aliphatic rings. The fourth-order valence-corrected chi connectivity index (χ4v) is 3.15. The first-order valence-corrected chi connectivity index (χ1v) is 7.83. The molecule has 0 aromatic heterocycles. The monoisotopic (exact) mass is 342 g/mol. The Bertz CT molecular complexity index is 898. The number of benzene rings is 2. The largest absolute Gasteiger partial charge is 0.279 e. The van der Waals surface area contributed by atoms with Crippen molar-refractivity contribution < 1.29 is 22.1 Å². The lowest BCUT2D eigenvalue weighted by molar-refractivity contribution is -0.385. The molecule has 2 aromatic carbocycles. The van der Waals surface area contributed by atoms with Gasteiger partial charge in [0.15, 0.2) is 0 Å². The third-order valence-corrected chi connectivity index (χ3v) is 4.56. The van der Waals surface area contributed by atoms with Crippen LogP contribution >= 0.6 is 0 Å². The quantitative estimate of drug-likeness (QED) is 0.682. The second-order valence-corrected chi connectivity index (χ2v) is 6.54. The normalized spacial score (nSPS) is 11.3. The molecular formula is C14H12F2N2O4S. The highest BCUT2D eigenvalue weighted by Gasteiger charge is 2.25. The van der Waals surface area contributed by atoms with Crippen LogP contribution in [0.2, 0.25) is 0 Å². The number of hydrogen-bond acceptors (Lipinski definition) is 4. The predicted octanol–water partition coefficient (Wildman–Crippen LogP) is 3.29. The van der Waals surface area contributed by atoms with Gasteiger partial charge in [-0.2, -0.15) is 0 Å². The number of rotatable bonds is 4. The van der Waals surface area contributed by atoms with Crippen molar-refractivity contribution in [1.82, 2.24) is 0 Å². The van der Waals surface area contributed by atoms with Crippen LogP contribution in [0, 0.1) is 35.6 Å². The van der Waals surface area contributed by atoms with Crippen molar-refractivity contribution in [3.05, 3.63) is 63.2 Å². The summed E-state index contributed by atoms with van der Waals surface area (Å²) in [4.78, 5) is 9.21. The number of anilines is 1. The molecule has 2 aromatic rings. The lowest BCUT2D eigenvalue weighted by Gasteiger charge is -2.11. The van der Waals surface area contributed by atoms with Crippen LogP contribution in [0.4, 0.5) is 20.2 Å². The van der Waals surface area contributed by atoms with Gasteiger partial charge >= 0.3 is 0 Å². The van der Waals surface area contributed by atoms with Gasteiger partial charge in [0.25, 0.3) is 15.7 Å². The third-order valence-electron chi connectivity index (χ3n) is 3.18. The highest BCUT2D eigenvalue weighted by molar-refractivity contribution is 7.92. The minimum atomic E-state index is -4.45. The van der Waals surface area contributed by atoms with Crippen LogP contribution in [0.3, 0.4) is 0 Å². The van der Waals surface area contributed by atoms with E-state index in [2.05, 4.69) is 0 Å². The van der Waals surface area contributed by atoms with Gasteiger partial charge in [0.05, 0.1) is 10.6 Å². The van der Waals surface area contributed by atoms with E-state index in [0.29, 0.717) is 11.6 Å². The minimum Gasteiger partial charge on any atom is -0.279 e. The minimum absolute atomic E-state index is 0.00612. The zero-order chi connectivity index (χ0) is 17.4. The number of halogens is 2. The van der Waals surface area contributed by atoms with Gasteiger partial charge in [-0.25, -0.2) is 17.2 Å². The molecule has 9 heteroatoms. The average molecular weight is 342 g/mol. The molecule has 0 heterocycles. The van der Waals surface area contributed by atoms with E-state index in [1.54, 1.807) is 0 Å². The third kappa shape index (κ3) is 3.45. The molecule has 0 atom stereocenters. The molecular weight excluding hydrogens is 330 g/mol. The van der Waals surface area contributed by atoms with Gasteiger partial charge in [0.1, 0.15) is 16.5 Å². The molecule has 23 heavy (non-hydrogen) atoms. The Balaban J connectivity index is 2.54. The molecule has 0 saturated heterocycles. The molecule has 0 spiro atoms. The summed E-state index contributed by atoms with van der Waals surface area (Å²) in [6, 6.07) is 4.84. The summed E-state index contributed by atoms with van der Waals surface area (Å²) in [6.07, 6.45) is 0. The Kier molecular flexibility index (Phi) is 4.33. The Morgan fingerprint density at radius 2 is 1.74 bits per heavy atom. The Labute approximate surface area is 131 Å². The lowest BCUT2D eigenvalue weighted by atomic mass is 10.2. The Morgan fingerprint density at radius 1 is 1.09 bits per heavy atom. The summed E-state index contributed by atoms with van der Waals surface area (Å²) in [5.41, 5.74) is -0.194. The average Bonchev–Trinajstić information content (AvgIpc) is 2.41. The number of nitrogens with zero attached hydrogens (tertiary/aromatic N) is 1. The Hall–Kier alpha value is -2.55. The number of nitro groups is 1. The Morgan fingerprint density at radius 3 is 2.35 bits per heavy atom. The van der Waals surface area contributed by atoms with Crippen molar-refractivity contribution in [3.63, 3.8) is 0 Å². The van der Waals surface area contributed by atoms with Gasteiger partial charge in [0.2, 0.25) is 0 Å². The summed E-state index contributed by atoms with van der Waals surface area (Å²) in [5.74, 6) is -1.81. The van der Waals surface area contributed by atoms with Crippen molar-refractivity contribution >= 4 is 21.4 Å². The van der Waals surface area contributed by atoms with E-state index >= 15 is 0 Å². The molecule has 6 nitrogen and oxygen atoms in total. The van der Waals surface area contributed by atoms with E-state index in [-0.39, 0.29) is 11.3 Å². The number of aryl methyl sites for hydroxylation is 2. The van der Waals surface area contributed by atoms with E-state index in [9.17, 15) is 27.3 Å². The van der Waals surface area contributed by atoms with E-state index in [0.717, 1.165) is 18.2 Å². The van der Waals surface area contributed by atoms with Crippen LogP contribution in [0.5, 0.6) is 0 Å². The maximum atomic E-state index is 14.0. The maximum Gasteiger partial charge on any atom is 0.273 e. The smallest absolute Gasteiger partial charge is 0.273 e. The van der Waals surface area contributed by atoms with Crippen molar-refractivity contribution in [1.29, 1.82) is 0 Å². The van der Waals surface area contributed by atoms with Crippen LogP contribution in [-0.2, 0) is 10.0 Å². The number of nitro benzene ring substituents is 1. The first-order chi connectivity index (χ1) is 10.6. The molecule has 0 radical (unpaired) electrons. The van der Waals surface area contributed by atoms with Crippen LogP contribution in [0.15, 0.2) is 35.2 Å². The molecule has 0 bridgehead atoms. The molecule has 0 amide bonds. The van der Waals surface area contributed by atoms with Crippen molar-refractivity contribution in [3.8, 4) is 0 Å². The molecule has 0 aliphatic heterocycles.